The maximum absolute atomic E-state index is 13.1. The molecular weight excluding hydrogens is 350 g/mol. The molecule has 1 N–H and O–H groups in total. The van der Waals surface area contributed by atoms with Gasteiger partial charge in [-0.2, -0.15) is 0 Å². The van der Waals surface area contributed by atoms with E-state index in [0.717, 1.165) is 25.1 Å². The lowest BCUT2D eigenvalue weighted by Crippen LogP contribution is -2.52. The fraction of sp³-hybridized carbons (Fsp3) is 0.632. The third kappa shape index (κ3) is 4.27. The Morgan fingerprint density at radius 1 is 1.15 bits per heavy atom. The number of amides is 1. The fourth-order valence-electron chi connectivity index (χ4n) is 3.91. The van der Waals surface area contributed by atoms with Crippen molar-refractivity contribution in [1.29, 1.82) is 0 Å². The van der Waals surface area contributed by atoms with Gasteiger partial charge in [0, 0.05) is 38.6 Å². The van der Waals surface area contributed by atoms with Gasteiger partial charge in [-0.05, 0) is 30.4 Å². The highest BCUT2D eigenvalue weighted by Crippen LogP contribution is 2.28. The molecule has 0 aromatic heterocycles. The van der Waals surface area contributed by atoms with Crippen LogP contribution in [0.4, 0.5) is 0 Å². The molecule has 1 aromatic rings. The number of aryl methyl sites for hydroxylation is 1. The Labute approximate surface area is 156 Å². The average Bonchev–Trinajstić information content (AvgIpc) is 2.67. The van der Waals surface area contributed by atoms with Crippen LogP contribution < -0.4 is 5.32 Å². The van der Waals surface area contributed by atoms with Gasteiger partial charge in [0.1, 0.15) is 0 Å². The summed E-state index contributed by atoms with van der Waals surface area (Å²) in [4.78, 5) is 15.1. The molecule has 0 aliphatic carbocycles. The molecule has 7 heteroatoms. The molecule has 0 bridgehead atoms. The van der Waals surface area contributed by atoms with Crippen LogP contribution >= 0.6 is 0 Å². The van der Waals surface area contributed by atoms with Crippen LogP contribution in [0.5, 0.6) is 0 Å². The number of piperidine rings is 1. The number of piperazine rings is 1. The highest BCUT2D eigenvalue weighted by molar-refractivity contribution is 7.88. The van der Waals surface area contributed by atoms with Gasteiger partial charge in [0.15, 0.2) is 0 Å². The van der Waals surface area contributed by atoms with E-state index in [2.05, 4.69) is 36.5 Å². The van der Waals surface area contributed by atoms with E-state index in [1.165, 1.54) is 16.1 Å². The zero-order valence-corrected chi connectivity index (χ0v) is 16.5. The molecule has 0 saturated carbocycles. The lowest BCUT2D eigenvalue weighted by atomic mass is 9.93. The molecule has 2 saturated heterocycles. The van der Waals surface area contributed by atoms with Gasteiger partial charge in [-0.15, -0.1) is 0 Å². The molecule has 1 atom stereocenters. The number of hydrogen-bond acceptors (Lipinski definition) is 4. The smallest absolute Gasteiger partial charge is 0.226 e. The Kier molecular flexibility index (Phi) is 5.99. The Morgan fingerprint density at radius 2 is 1.81 bits per heavy atom. The first kappa shape index (κ1) is 19.3. The van der Waals surface area contributed by atoms with Crippen LogP contribution in [0.1, 0.15) is 36.9 Å². The number of benzene rings is 1. The molecule has 1 unspecified atom stereocenters. The summed E-state index contributed by atoms with van der Waals surface area (Å²) < 4.78 is 24.8. The van der Waals surface area contributed by atoms with Gasteiger partial charge in [-0.3, -0.25) is 4.79 Å². The monoisotopic (exact) mass is 379 g/mol. The van der Waals surface area contributed by atoms with E-state index in [4.69, 9.17) is 0 Å². The number of carbonyl (C=O) groups excluding carboxylic acids is 1. The zero-order chi connectivity index (χ0) is 18.7. The summed E-state index contributed by atoms with van der Waals surface area (Å²) in [5.41, 5.74) is 2.46. The first-order valence-electron chi connectivity index (χ1n) is 9.45. The second kappa shape index (κ2) is 8.06. The Bertz CT molecular complexity index is 725. The van der Waals surface area contributed by atoms with Crippen LogP contribution in [-0.4, -0.2) is 62.5 Å². The lowest BCUT2D eigenvalue weighted by molar-refractivity contribution is -0.140. The number of sulfonamides is 1. The summed E-state index contributed by atoms with van der Waals surface area (Å²) in [5.74, 6) is 0.0905. The fourth-order valence-corrected chi connectivity index (χ4v) is 4.78. The summed E-state index contributed by atoms with van der Waals surface area (Å²) >= 11 is 0. The molecule has 26 heavy (non-hydrogen) atoms. The molecule has 2 aliphatic rings. The van der Waals surface area contributed by atoms with Gasteiger partial charge in [0.05, 0.1) is 12.3 Å². The summed E-state index contributed by atoms with van der Waals surface area (Å²) in [5, 5.41) is 3.40. The quantitative estimate of drug-likeness (QED) is 0.858. The maximum Gasteiger partial charge on any atom is 0.226 e. The van der Waals surface area contributed by atoms with Crippen molar-refractivity contribution in [3.05, 3.63) is 35.4 Å². The number of rotatable bonds is 4. The van der Waals surface area contributed by atoms with E-state index in [1.807, 2.05) is 4.90 Å². The number of nitrogens with zero attached hydrogens (tertiary/aromatic N) is 2. The van der Waals surface area contributed by atoms with Gasteiger partial charge in [-0.1, -0.05) is 31.2 Å². The minimum Gasteiger partial charge on any atom is -0.333 e. The summed E-state index contributed by atoms with van der Waals surface area (Å²) in [6, 6.07) is 8.58. The highest BCUT2D eigenvalue weighted by atomic mass is 32.2. The molecule has 3 rings (SSSR count). The van der Waals surface area contributed by atoms with Crippen molar-refractivity contribution in [2.45, 2.75) is 32.2 Å². The second-order valence-corrected chi connectivity index (χ2v) is 9.27. The van der Waals surface area contributed by atoms with Crippen molar-refractivity contribution in [1.82, 2.24) is 14.5 Å². The van der Waals surface area contributed by atoms with Crippen molar-refractivity contribution >= 4 is 15.9 Å². The molecule has 6 nitrogen and oxygen atoms in total. The first-order valence-corrected chi connectivity index (χ1v) is 11.3. The van der Waals surface area contributed by atoms with Crippen LogP contribution in [0.2, 0.25) is 0 Å². The van der Waals surface area contributed by atoms with Gasteiger partial charge in [0.2, 0.25) is 15.9 Å². The molecule has 2 aliphatic heterocycles. The molecule has 0 spiro atoms. The Balaban J connectivity index is 1.70. The Hall–Kier alpha value is -1.44. The van der Waals surface area contributed by atoms with Crippen molar-refractivity contribution in [2.24, 2.45) is 5.92 Å². The third-order valence-corrected chi connectivity index (χ3v) is 6.87. The van der Waals surface area contributed by atoms with E-state index >= 15 is 0 Å². The second-order valence-electron chi connectivity index (χ2n) is 7.28. The number of hydrogen-bond donors (Lipinski definition) is 1. The van der Waals surface area contributed by atoms with Gasteiger partial charge in [0.25, 0.3) is 0 Å². The number of nitrogens with one attached hydrogen (secondary N) is 1. The van der Waals surface area contributed by atoms with Crippen LogP contribution in [-0.2, 0) is 21.2 Å². The van der Waals surface area contributed by atoms with Crippen LogP contribution in [0.3, 0.4) is 0 Å². The Morgan fingerprint density at radius 3 is 2.38 bits per heavy atom. The summed E-state index contributed by atoms with van der Waals surface area (Å²) in [7, 11) is -3.16. The maximum atomic E-state index is 13.1. The average molecular weight is 380 g/mol. The van der Waals surface area contributed by atoms with Crippen LogP contribution in [0.25, 0.3) is 0 Å². The normalized spacial score (nSPS) is 23.2. The predicted octanol–water partition coefficient (Wildman–Crippen LogP) is 1.39. The minimum atomic E-state index is -3.16. The molecule has 2 fully saturated rings. The van der Waals surface area contributed by atoms with E-state index < -0.39 is 10.0 Å². The van der Waals surface area contributed by atoms with Crippen molar-refractivity contribution in [2.75, 3.05) is 39.0 Å². The van der Waals surface area contributed by atoms with Crippen molar-refractivity contribution < 1.29 is 13.2 Å². The largest absolute Gasteiger partial charge is 0.333 e. The van der Waals surface area contributed by atoms with E-state index in [-0.39, 0.29) is 17.9 Å². The molecule has 144 valence electrons. The molecule has 2 heterocycles. The highest BCUT2D eigenvalue weighted by Gasteiger charge is 2.35. The van der Waals surface area contributed by atoms with E-state index in [9.17, 15) is 13.2 Å². The third-order valence-electron chi connectivity index (χ3n) is 5.57. The molecule has 1 aromatic carbocycles. The van der Waals surface area contributed by atoms with E-state index in [0.29, 0.717) is 32.5 Å². The lowest BCUT2D eigenvalue weighted by Gasteiger charge is -2.40. The van der Waals surface area contributed by atoms with Crippen LogP contribution in [0.15, 0.2) is 24.3 Å². The summed E-state index contributed by atoms with van der Waals surface area (Å²) in [6.45, 7) is 5.28. The molecule has 1 amide bonds. The minimum absolute atomic E-state index is 0.0510. The standard InChI is InChI=1S/C19H29N3O3S/c1-3-15-4-6-16(7-5-15)18-14-20-10-13-22(18)19(23)17-8-11-21(12-9-17)26(2,24)25/h4-7,17-18,20H,3,8-14H2,1-2H3. The zero-order valence-electron chi connectivity index (χ0n) is 15.6. The SMILES string of the molecule is CCc1ccc(C2CNCCN2C(=O)C2CCN(S(C)(=O)=O)CC2)cc1. The molecule has 0 radical (unpaired) electrons. The van der Waals surface area contributed by atoms with Gasteiger partial charge >= 0.3 is 0 Å². The molecular formula is C19H29N3O3S. The topological polar surface area (TPSA) is 69.7 Å². The van der Waals surface area contributed by atoms with Crippen LogP contribution in [0, 0.1) is 5.92 Å². The van der Waals surface area contributed by atoms with Gasteiger partial charge in [-0.25, -0.2) is 12.7 Å². The van der Waals surface area contributed by atoms with Crippen molar-refractivity contribution in [3.8, 4) is 0 Å². The predicted molar refractivity (Wildman–Crippen MR) is 102 cm³/mol. The summed E-state index contributed by atoms with van der Waals surface area (Å²) in [6.07, 6.45) is 3.46. The number of carbonyl (C=O) groups is 1. The first-order chi connectivity index (χ1) is 12.4. The van der Waals surface area contributed by atoms with Crippen molar-refractivity contribution in [3.63, 3.8) is 0 Å². The van der Waals surface area contributed by atoms with Gasteiger partial charge < -0.3 is 10.2 Å². The van der Waals surface area contributed by atoms with E-state index in [1.54, 1.807) is 0 Å².